The van der Waals surface area contributed by atoms with E-state index in [9.17, 15) is 9.59 Å². The van der Waals surface area contributed by atoms with E-state index < -0.39 is 0 Å². The SMILES string of the molecule is COc1ccc2c3c1O[C@H]1[C@H](N(CC(C)C)C(=O)C#Cc4ccccc4)CC[C@H]4[C@@H](C2)N(CC2CC2OC(C)=O)CC[C@@]341. The van der Waals surface area contributed by atoms with E-state index in [4.69, 9.17) is 14.2 Å². The fourth-order valence-electron chi connectivity index (χ4n) is 8.85. The summed E-state index contributed by atoms with van der Waals surface area (Å²) in [5.74, 6) is 8.60. The first kappa shape index (κ1) is 28.3. The standard InChI is InChI=1S/C36H42N2O5/c1-22(2)20-38(32(40)15-10-24-8-6-5-7-9-24)28-13-12-27-29-18-25-11-14-30(41-4)34-33(25)36(27,35(28)43-34)16-17-37(29)21-26-19-31(26)42-23(3)39/h5-9,11,14,22,26-29,31,35H,12-13,16-21H2,1-4H3/t26?,27-,28+,29+,31?,35-,36-/m0/s1. The second-order valence-electron chi connectivity index (χ2n) is 13.6. The summed E-state index contributed by atoms with van der Waals surface area (Å²) in [5, 5.41) is 0. The number of hydrogen-bond acceptors (Lipinski definition) is 6. The van der Waals surface area contributed by atoms with Crippen LogP contribution in [0.1, 0.15) is 63.1 Å². The summed E-state index contributed by atoms with van der Waals surface area (Å²) in [5.41, 5.74) is 3.36. The van der Waals surface area contributed by atoms with Gasteiger partial charge in [0.05, 0.1) is 13.2 Å². The van der Waals surface area contributed by atoms with Crippen LogP contribution >= 0.6 is 0 Å². The number of carbonyl (C=O) groups excluding carboxylic acids is 2. The van der Waals surface area contributed by atoms with E-state index >= 15 is 0 Å². The third-order valence-corrected chi connectivity index (χ3v) is 10.6. The molecule has 2 saturated carbocycles. The molecule has 2 aliphatic heterocycles. The molecule has 7 nitrogen and oxygen atoms in total. The van der Waals surface area contributed by atoms with Crippen LogP contribution in [0, 0.1) is 29.6 Å². The Kier molecular flexibility index (Phi) is 7.16. The summed E-state index contributed by atoms with van der Waals surface area (Å²) in [4.78, 5) is 30.1. The van der Waals surface area contributed by atoms with E-state index in [1.165, 1.54) is 18.1 Å². The Hall–Kier alpha value is -3.50. The van der Waals surface area contributed by atoms with Gasteiger partial charge < -0.3 is 19.1 Å². The molecule has 7 atom stereocenters. The third kappa shape index (κ3) is 4.79. The maximum absolute atomic E-state index is 13.9. The van der Waals surface area contributed by atoms with Crippen LogP contribution in [-0.2, 0) is 26.2 Å². The van der Waals surface area contributed by atoms with Crippen molar-refractivity contribution < 1.29 is 23.8 Å². The molecule has 7 heteroatoms. The minimum Gasteiger partial charge on any atom is -0.493 e. The van der Waals surface area contributed by atoms with Gasteiger partial charge in [0, 0.05) is 54.4 Å². The average molecular weight is 583 g/mol. The molecule has 7 rings (SSSR count). The van der Waals surface area contributed by atoms with Gasteiger partial charge in [0.25, 0.3) is 5.91 Å². The Morgan fingerprint density at radius 2 is 1.98 bits per heavy atom. The number of ether oxygens (including phenoxy) is 3. The molecule has 226 valence electrons. The fourth-order valence-corrected chi connectivity index (χ4v) is 8.85. The van der Waals surface area contributed by atoms with Crippen molar-refractivity contribution in [1.82, 2.24) is 9.80 Å². The molecule has 1 amide bonds. The maximum atomic E-state index is 13.9. The van der Waals surface area contributed by atoms with Crippen LogP contribution in [-0.4, -0.2) is 72.7 Å². The number of rotatable bonds is 7. The van der Waals surface area contributed by atoms with E-state index in [0.717, 1.165) is 62.3 Å². The van der Waals surface area contributed by atoms with Crippen LogP contribution in [0.4, 0.5) is 0 Å². The third-order valence-electron chi connectivity index (χ3n) is 10.6. The zero-order chi connectivity index (χ0) is 29.9. The van der Waals surface area contributed by atoms with Crippen molar-refractivity contribution in [2.45, 2.75) is 82.6 Å². The Morgan fingerprint density at radius 3 is 2.72 bits per heavy atom. The number of esters is 1. The summed E-state index contributed by atoms with van der Waals surface area (Å²) >= 11 is 0. The zero-order valence-electron chi connectivity index (χ0n) is 25.7. The van der Waals surface area contributed by atoms with Gasteiger partial charge in [-0.15, -0.1) is 0 Å². The summed E-state index contributed by atoms with van der Waals surface area (Å²) in [7, 11) is 1.72. The van der Waals surface area contributed by atoms with E-state index in [1.807, 2.05) is 35.2 Å². The molecule has 43 heavy (non-hydrogen) atoms. The van der Waals surface area contributed by atoms with Crippen LogP contribution in [0.15, 0.2) is 42.5 Å². The number of methoxy groups -OCH3 is 1. The van der Waals surface area contributed by atoms with Crippen LogP contribution < -0.4 is 9.47 Å². The summed E-state index contributed by atoms with van der Waals surface area (Å²) in [6.07, 6.45) is 4.77. The van der Waals surface area contributed by atoms with E-state index in [-0.39, 0.29) is 35.5 Å². The molecule has 2 unspecified atom stereocenters. The highest BCUT2D eigenvalue weighted by molar-refractivity contribution is 5.94. The summed E-state index contributed by atoms with van der Waals surface area (Å²) in [6.45, 7) is 8.41. The number of benzene rings is 2. The molecule has 1 spiro atoms. The number of piperidine rings is 1. The monoisotopic (exact) mass is 582 g/mol. The fraction of sp³-hybridized carbons (Fsp3) is 0.556. The number of hydrogen-bond donors (Lipinski definition) is 0. The molecule has 3 fully saturated rings. The highest BCUT2D eigenvalue weighted by atomic mass is 16.5. The molecule has 0 aromatic heterocycles. The van der Waals surface area contributed by atoms with Crippen molar-refractivity contribution >= 4 is 11.9 Å². The van der Waals surface area contributed by atoms with Crippen LogP contribution in [0.5, 0.6) is 11.5 Å². The van der Waals surface area contributed by atoms with Crippen molar-refractivity contribution in [2.24, 2.45) is 17.8 Å². The number of amides is 1. The lowest BCUT2D eigenvalue weighted by atomic mass is 9.51. The Bertz CT molecular complexity index is 1480. The van der Waals surface area contributed by atoms with Crippen molar-refractivity contribution in [3.63, 3.8) is 0 Å². The predicted molar refractivity (Wildman–Crippen MR) is 163 cm³/mol. The average Bonchev–Trinajstić information content (AvgIpc) is 3.61. The predicted octanol–water partition coefficient (Wildman–Crippen LogP) is 4.59. The molecule has 0 N–H and O–H groups in total. The second kappa shape index (κ2) is 10.9. The number of likely N-dealkylation sites (tertiary alicyclic amines) is 1. The van der Waals surface area contributed by atoms with Crippen molar-refractivity contribution in [3.8, 4) is 23.3 Å². The van der Waals surface area contributed by atoms with Crippen molar-refractivity contribution in [3.05, 3.63) is 59.2 Å². The molecule has 1 saturated heterocycles. The summed E-state index contributed by atoms with van der Waals surface area (Å²) in [6, 6.07) is 14.4. The largest absolute Gasteiger partial charge is 0.493 e. The van der Waals surface area contributed by atoms with Crippen molar-refractivity contribution in [2.75, 3.05) is 26.7 Å². The van der Waals surface area contributed by atoms with Crippen molar-refractivity contribution in [1.29, 1.82) is 0 Å². The van der Waals surface area contributed by atoms with Gasteiger partial charge in [-0.2, -0.15) is 0 Å². The minimum atomic E-state index is -0.184. The molecule has 2 aromatic rings. The zero-order valence-corrected chi connectivity index (χ0v) is 25.7. The smallest absolute Gasteiger partial charge is 0.302 e. The van der Waals surface area contributed by atoms with Crippen LogP contribution in [0.25, 0.3) is 0 Å². The Balaban J connectivity index is 1.23. The van der Waals surface area contributed by atoms with Gasteiger partial charge >= 0.3 is 5.97 Å². The van der Waals surface area contributed by atoms with Gasteiger partial charge in [-0.05, 0) is 74.2 Å². The van der Waals surface area contributed by atoms with E-state index in [0.29, 0.717) is 30.3 Å². The first-order valence-corrected chi connectivity index (χ1v) is 16.0. The lowest BCUT2D eigenvalue weighted by Gasteiger charge is -2.60. The molecule has 2 aromatic carbocycles. The molecule has 2 bridgehead atoms. The molecular formula is C36H42N2O5. The molecule has 0 radical (unpaired) electrons. The molecular weight excluding hydrogens is 540 g/mol. The highest BCUT2D eigenvalue weighted by Crippen LogP contribution is 2.64. The topological polar surface area (TPSA) is 68.3 Å². The number of nitrogens with zero attached hydrogens (tertiary/aromatic N) is 2. The quantitative estimate of drug-likeness (QED) is 0.352. The van der Waals surface area contributed by atoms with Gasteiger partial charge in [-0.1, -0.05) is 44.0 Å². The van der Waals surface area contributed by atoms with Gasteiger partial charge in [-0.25, -0.2) is 0 Å². The van der Waals surface area contributed by atoms with Crippen LogP contribution in [0.2, 0.25) is 0 Å². The normalized spacial score (nSPS) is 31.3. The lowest BCUT2D eigenvalue weighted by molar-refractivity contribution is -0.142. The van der Waals surface area contributed by atoms with Gasteiger partial charge in [0.2, 0.25) is 0 Å². The molecule has 3 aliphatic carbocycles. The lowest BCUT2D eigenvalue weighted by Crippen LogP contribution is -2.69. The van der Waals surface area contributed by atoms with Gasteiger partial charge in [0.15, 0.2) is 11.5 Å². The first-order chi connectivity index (χ1) is 20.8. The Labute approximate surface area is 254 Å². The highest BCUT2D eigenvalue weighted by Gasteiger charge is 2.67. The summed E-state index contributed by atoms with van der Waals surface area (Å²) < 4.78 is 18.4. The van der Waals surface area contributed by atoms with Crippen LogP contribution in [0.3, 0.4) is 0 Å². The Morgan fingerprint density at radius 1 is 1.16 bits per heavy atom. The van der Waals surface area contributed by atoms with E-state index in [1.54, 1.807) is 7.11 Å². The maximum Gasteiger partial charge on any atom is 0.302 e. The number of carbonyl (C=O) groups is 2. The minimum absolute atomic E-state index is 0.0611. The first-order valence-electron chi connectivity index (χ1n) is 16.0. The molecule has 2 heterocycles. The van der Waals surface area contributed by atoms with Gasteiger partial charge in [-0.3, -0.25) is 14.5 Å². The molecule has 5 aliphatic rings. The van der Waals surface area contributed by atoms with E-state index in [2.05, 4.69) is 42.7 Å². The van der Waals surface area contributed by atoms with Gasteiger partial charge in [0.1, 0.15) is 12.2 Å². The second-order valence-corrected chi connectivity index (χ2v) is 13.6.